The van der Waals surface area contributed by atoms with Crippen LogP contribution in [-0.4, -0.2) is 49.9 Å². The van der Waals surface area contributed by atoms with Gasteiger partial charge in [0, 0.05) is 17.9 Å². The number of nitrogens with two attached hydrogens (primary N) is 1. The highest BCUT2D eigenvalue weighted by molar-refractivity contribution is 5.84. The van der Waals surface area contributed by atoms with E-state index in [-0.39, 0.29) is 12.6 Å². The van der Waals surface area contributed by atoms with E-state index in [4.69, 9.17) is 16.0 Å². The first-order chi connectivity index (χ1) is 12.2. The van der Waals surface area contributed by atoms with Crippen molar-refractivity contribution >= 4 is 22.9 Å². The summed E-state index contributed by atoms with van der Waals surface area (Å²) in [6.45, 7) is 0.613. The molecular weight excluding hydrogens is 326 g/mol. The quantitative estimate of drug-likeness (QED) is 0.402. The Bertz CT molecular complexity index is 827. The lowest BCUT2D eigenvalue weighted by molar-refractivity contribution is -0.0232. The summed E-state index contributed by atoms with van der Waals surface area (Å²) in [4.78, 5) is 15.8. The molecule has 1 saturated heterocycles. The van der Waals surface area contributed by atoms with Gasteiger partial charge in [-0.3, -0.25) is 4.57 Å². The molecule has 2 aliphatic rings. The molecule has 2 aromatic heterocycles. The van der Waals surface area contributed by atoms with Gasteiger partial charge in [-0.25, -0.2) is 4.98 Å². The van der Waals surface area contributed by atoms with Crippen LogP contribution in [-0.2, 0) is 4.74 Å². The van der Waals surface area contributed by atoms with Crippen molar-refractivity contribution in [1.29, 1.82) is 0 Å². The van der Waals surface area contributed by atoms with Crippen LogP contribution in [0.15, 0.2) is 11.4 Å². The van der Waals surface area contributed by atoms with Gasteiger partial charge >= 0.3 is 0 Å². The third-order valence-electron chi connectivity index (χ3n) is 4.59. The Kier molecular flexibility index (Phi) is 4.04. The molecule has 0 amide bonds. The van der Waals surface area contributed by atoms with Crippen LogP contribution in [0.5, 0.6) is 0 Å². The van der Waals surface area contributed by atoms with Crippen molar-refractivity contribution in [2.24, 2.45) is 11.0 Å². The summed E-state index contributed by atoms with van der Waals surface area (Å²) in [5.74, 6) is 1.44. The number of hydrogen-bond donors (Lipinski definition) is 3. The van der Waals surface area contributed by atoms with Crippen LogP contribution in [0.3, 0.4) is 0 Å². The van der Waals surface area contributed by atoms with Gasteiger partial charge in [-0.15, -0.1) is 0 Å². The molecule has 4 N–H and O–H groups in total. The first kappa shape index (κ1) is 15.9. The van der Waals surface area contributed by atoms with Crippen LogP contribution in [0.25, 0.3) is 21.6 Å². The Morgan fingerprint density at radius 1 is 1.48 bits per heavy atom. The number of aliphatic hydroxyl groups is 1. The Hall–Kier alpha value is -2.62. The van der Waals surface area contributed by atoms with Crippen LogP contribution in [0.4, 0.5) is 11.8 Å². The molecule has 2 aromatic rings. The third kappa shape index (κ3) is 3.04. The largest absolute Gasteiger partial charge is 0.394 e. The number of fused-ring (bicyclic) bond motifs is 1. The lowest BCUT2D eigenvalue weighted by atomic mass is 10.1. The summed E-state index contributed by atoms with van der Waals surface area (Å²) in [7, 11) is 0. The van der Waals surface area contributed by atoms with Crippen molar-refractivity contribution in [1.82, 2.24) is 19.5 Å². The Morgan fingerprint density at radius 3 is 3.04 bits per heavy atom. The second kappa shape index (κ2) is 6.36. The van der Waals surface area contributed by atoms with Gasteiger partial charge in [-0.2, -0.15) is 9.97 Å². The normalized spacial score (nSPS) is 25.9. The number of azide groups is 1. The van der Waals surface area contributed by atoms with E-state index in [9.17, 15) is 5.11 Å². The lowest BCUT2D eigenvalue weighted by Gasteiger charge is -2.14. The SMILES string of the molecule is [N-]=[N+]=N[C@H]1C[C@H](n2cnc3c(NCC4CC4)nc(N)nc32)O[C@@H]1CO. The summed E-state index contributed by atoms with van der Waals surface area (Å²) >= 11 is 0. The van der Waals surface area contributed by atoms with E-state index in [2.05, 4.69) is 30.3 Å². The Labute approximate surface area is 142 Å². The highest BCUT2D eigenvalue weighted by Crippen LogP contribution is 2.34. The van der Waals surface area contributed by atoms with E-state index in [1.807, 2.05) is 0 Å². The van der Waals surface area contributed by atoms with Gasteiger partial charge in [-0.05, 0) is 24.3 Å². The molecule has 0 aromatic carbocycles. The fourth-order valence-corrected chi connectivity index (χ4v) is 3.07. The summed E-state index contributed by atoms with van der Waals surface area (Å²) in [5, 5.41) is 16.4. The van der Waals surface area contributed by atoms with Crippen LogP contribution in [0.2, 0.25) is 0 Å². The molecule has 11 nitrogen and oxygen atoms in total. The van der Waals surface area contributed by atoms with Crippen molar-refractivity contribution in [3.63, 3.8) is 0 Å². The van der Waals surface area contributed by atoms with Gasteiger partial charge in [0.25, 0.3) is 0 Å². The summed E-state index contributed by atoms with van der Waals surface area (Å²) in [5.41, 5.74) is 15.7. The van der Waals surface area contributed by atoms with Crippen LogP contribution >= 0.6 is 0 Å². The van der Waals surface area contributed by atoms with E-state index in [1.54, 1.807) is 10.9 Å². The average Bonchev–Trinajstić information content (AvgIpc) is 3.20. The lowest BCUT2D eigenvalue weighted by Crippen LogP contribution is -2.22. The summed E-state index contributed by atoms with van der Waals surface area (Å²) in [6.07, 6.45) is 3.50. The topological polar surface area (TPSA) is 160 Å². The highest BCUT2D eigenvalue weighted by Gasteiger charge is 2.36. The first-order valence-electron chi connectivity index (χ1n) is 8.24. The van der Waals surface area contributed by atoms with E-state index in [0.29, 0.717) is 29.3 Å². The monoisotopic (exact) mass is 345 g/mol. The number of nitrogens with zero attached hydrogens (tertiary/aromatic N) is 7. The van der Waals surface area contributed by atoms with E-state index in [1.165, 1.54) is 12.8 Å². The van der Waals surface area contributed by atoms with Crippen molar-refractivity contribution in [3.05, 3.63) is 16.8 Å². The van der Waals surface area contributed by atoms with E-state index >= 15 is 0 Å². The zero-order valence-corrected chi connectivity index (χ0v) is 13.5. The minimum absolute atomic E-state index is 0.149. The van der Waals surface area contributed by atoms with Gasteiger partial charge in [0.1, 0.15) is 6.23 Å². The molecule has 132 valence electrons. The standard InChI is InChI=1S/C14H19N9O2/c15-14-19-12(17-4-7-1-2-7)11-13(20-14)23(6-18-11)10-3-8(21-22-16)9(5-24)25-10/h6-10,24H,1-5H2,(H3,15,17,19,20)/t8-,9+,10+/m0/s1. The molecule has 1 aliphatic carbocycles. The molecule has 0 unspecified atom stereocenters. The molecule has 3 atom stereocenters. The molecule has 11 heteroatoms. The number of nitrogen functional groups attached to an aromatic ring is 1. The Morgan fingerprint density at radius 2 is 2.32 bits per heavy atom. The highest BCUT2D eigenvalue weighted by atomic mass is 16.5. The maximum atomic E-state index is 9.42. The van der Waals surface area contributed by atoms with Crippen molar-refractivity contribution < 1.29 is 9.84 Å². The molecule has 4 rings (SSSR count). The molecule has 3 heterocycles. The minimum atomic E-state index is -0.551. The van der Waals surface area contributed by atoms with Crippen LogP contribution in [0.1, 0.15) is 25.5 Å². The molecule has 0 bridgehead atoms. The summed E-state index contributed by atoms with van der Waals surface area (Å²) < 4.78 is 7.54. The zero-order valence-electron chi connectivity index (χ0n) is 13.5. The van der Waals surface area contributed by atoms with Crippen molar-refractivity contribution in [2.75, 3.05) is 24.2 Å². The predicted octanol–water partition coefficient (Wildman–Crippen LogP) is 1.19. The maximum absolute atomic E-state index is 9.42. The number of aliphatic hydroxyl groups excluding tert-OH is 1. The number of imidazole rings is 1. The van der Waals surface area contributed by atoms with Gasteiger partial charge in [0.2, 0.25) is 5.95 Å². The molecule has 0 radical (unpaired) electrons. The maximum Gasteiger partial charge on any atom is 0.224 e. The number of ether oxygens (including phenoxy) is 1. The van der Waals surface area contributed by atoms with E-state index < -0.39 is 18.4 Å². The fourth-order valence-electron chi connectivity index (χ4n) is 3.07. The second-order valence-electron chi connectivity index (χ2n) is 6.40. The van der Waals surface area contributed by atoms with E-state index in [0.717, 1.165) is 6.54 Å². The minimum Gasteiger partial charge on any atom is -0.394 e. The smallest absolute Gasteiger partial charge is 0.224 e. The molecule has 0 spiro atoms. The number of hydrogen-bond acceptors (Lipinski definition) is 8. The average molecular weight is 345 g/mol. The molecule has 25 heavy (non-hydrogen) atoms. The third-order valence-corrected chi connectivity index (χ3v) is 4.59. The van der Waals surface area contributed by atoms with Crippen molar-refractivity contribution in [2.45, 2.75) is 37.6 Å². The van der Waals surface area contributed by atoms with Gasteiger partial charge in [0.05, 0.1) is 25.1 Å². The van der Waals surface area contributed by atoms with Crippen LogP contribution < -0.4 is 11.1 Å². The predicted molar refractivity (Wildman–Crippen MR) is 89.5 cm³/mol. The molecule has 1 aliphatic heterocycles. The van der Waals surface area contributed by atoms with Crippen molar-refractivity contribution in [3.8, 4) is 0 Å². The Balaban J connectivity index is 1.65. The first-order valence-corrected chi connectivity index (χ1v) is 8.24. The number of nitrogens with one attached hydrogen (secondary N) is 1. The number of rotatable bonds is 6. The van der Waals surface area contributed by atoms with Crippen LogP contribution in [0, 0.1) is 5.92 Å². The molecular formula is C14H19N9O2. The molecule has 2 fully saturated rings. The van der Waals surface area contributed by atoms with Gasteiger partial charge in [0.15, 0.2) is 17.0 Å². The fraction of sp³-hybridized carbons (Fsp3) is 0.643. The number of anilines is 2. The van der Waals surface area contributed by atoms with Gasteiger partial charge < -0.3 is 20.9 Å². The second-order valence-corrected chi connectivity index (χ2v) is 6.40. The molecule has 1 saturated carbocycles. The van der Waals surface area contributed by atoms with Gasteiger partial charge in [-0.1, -0.05) is 5.11 Å². The zero-order chi connectivity index (χ0) is 17.4. The number of aromatic nitrogens is 4. The summed E-state index contributed by atoms with van der Waals surface area (Å²) in [6, 6.07) is -0.441.